The van der Waals surface area contributed by atoms with Gasteiger partial charge in [-0.15, -0.1) is 0 Å². The lowest BCUT2D eigenvalue weighted by atomic mass is 10.2. The lowest BCUT2D eigenvalue weighted by Gasteiger charge is -1.89. The number of carboxylic acids is 1. The van der Waals surface area contributed by atoms with Crippen molar-refractivity contribution in [3.8, 4) is 6.07 Å². The molecule has 0 amide bonds. The second kappa shape index (κ2) is 3.05. The second-order valence-electron chi connectivity index (χ2n) is 2.21. The zero-order valence-corrected chi connectivity index (χ0v) is 6.37. The first kappa shape index (κ1) is 8.27. The van der Waals surface area contributed by atoms with Crippen LogP contribution >= 0.6 is 0 Å². The normalized spacial score (nSPS) is 9.33. The molecule has 0 aliphatic rings. The lowest BCUT2D eigenvalue weighted by molar-refractivity contribution is 0.0694. The predicted octanol–water partition coefficient (Wildman–Crippen LogP) is 0.747. The van der Waals surface area contributed by atoms with E-state index in [0.29, 0.717) is 5.69 Å². The van der Waals surface area contributed by atoms with E-state index < -0.39 is 5.97 Å². The van der Waals surface area contributed by atoms with E-state index in [-0.39, 0.29) is 17.7 Å². The van der Waals surface area contributed by atoms with E-state index in [0.717, 1.165) is 0 Å². The summed E-state index contributed by atoms with van der Waals surface area (Å²) in [6.45, 7) is 1.52. The number of aryl methyl sites for hydroxylation is 1. The van der Waals surface area contributed by atoms with Crippen molar-refractivity contribution >= 4 is 5.97 Å². The molecule has 0 atom stereocenters. The first-order valence-electron chi connectivity index (χ1n) is 3.22. The third-order valence-electron chi connectivity index (χ3n) is 1.39. The Hall–Kier alpha value is -1.83. The van der Waals surface area contributed by atoms with Gasteiger partial charge in [0.05, 0.1) is 18.2 Å². The van der Waals surface area contributed by atoms with Crippen molar-refractivity contribution in [1.82, 2.24) is 5.16 Å². The summed E-state index contributed by atoms with van der Waals surface area (Å²) in [5.41, 5.74) is 0.296. The molecule has 5 nitrogen and oxygen atoms in total. The molecule has 0 aliphatic carbocycles. The van der Waals surface area contributed by atoms with Crippen LogP contribution in [0.1, 0.15) is 21.8 Å². The highest BCUT2D eigenvalue weighted by Gasteiger charge is 2.18. The van der Waals surface area contributed by atoms with Crippen LogP contribution in [0.2, 0.25) is 0 Å². The molecule has 0 aliphatic heterocycles. The molecule has 1 aromatic rings. The fourth-order valence-corrected chi connectivity index (χ4v) is 0.883. The van der Waals surface area contributed by atoms with Crippen molar-refractivity contribution in [2.45, 2.75) is 13.3 Å². The molecule has 0 fully saturated rings. The van der Waals surface area contributed by atoms with E-state index in [1.165, 1.54) is 6.92 Å². The van der Waals surface area contributed by atoms with Gasteiger partial charge in [0, 0.05) is 0 Å². The fourth-order valence-electron chi connectivity index (χ4n) is 0.883. The predicted molar refractivity (Wildman–Crippen MR) is 37.5 cm³/mol. The minimum absolute atomic E-state index is 0.00319. The molecule has 0 saturated heterocycles. The van der Waals surface area contributed by atoms with E-state index in [1.54, 1.807) is 6.07 Å². The van der Waals surface area contributed by atoms with E-state index in [9.17, 15) is 4.79 Å². The van der Waals surface area contributed by atoms with Crippen molar-refractivity contribution in [3.63, 3.8) is 0 Å². The average Bonchev–Trinajstić information content (AvgIpc) is 2.32. The SMILES string of the molecule is Cc1noc(CC#N)c1C(=O)O. The van der Waals surface area contributed by atoms with Gasteiger partial charge >= 0.3 is 5.97 Å². The Kier molecular flexibility index (Phi) is 2.10. The molecule has 0 spiro atoms. The molecule has 1 N–H and O–H groups in total. The smallest absolute Gasteiger partial charge is 0.341 e. The third-order valence-corrected chi connectivity index (χ3v) is 1.39. The van der Waals surface area contributed by atoms with Gasteiger partial charge in [-0.25, -0.2) is 4.79 Å². The number of hydrogen-bond donors (Lipinski definition) is 1. The summed E-state index contributed by atoms with van der Waals surface area (Å²) >= 11 is 0. The Labute approximate surface area is 68.2 Å². The van der Waals surface area contributed by atoms with Crippen molar-refractivity contribution in [1.29, 1.82) is 5.26 Å². The molecular weight excluding hydrogens is 160 g/mol. The summed E-state index contributed by atoms with van der Waals surface area (Å²) in [5.74, 6) is -0.999. The molecule has 0 unspecified atom stereocenters. The highest BCUT2D eigenvalue weighted by molar-refractivity contribution is 5.89. The van der Waals surface area contributed by atoms with Crippen molar-refractivity contribution in [2.24, 2.45) is 0 Å². The van der Waals surface area contributed by atoms with Crippen molar-refractivity contribution in [2.75, 3.05) is 0 Å². The maximum Gasteiger partial charge on any atom is 0.341 e. The van der Waals surface area contributed by atoms with Gasteiger partial charge < -0.3 is 9.63 Å². The summed E-state index contributed by atoms with van der Waals surface area (Å²) in [7, 11) is 0. The van der Waals surface area contributed by atoms with Gasteiger partial charge in [-0.05, 0) is 6.92 Å². The first-order valence-corrected chi connectivity index (χ1v) is 3.22. The van der Waals surface area contributed by atoms with Crippen LogP contribution in [0.5, 0.6) is 0 Å². The number of hydrogen-bond acceptors (Lipinski definition) is 4. The number of rotatable bonds is 2. The van der Waals surface area contributed by atoms with Crippen molar-refractivity contribution < 1.29 is 14.4 Å². The third kappa shape index (κ3) is 1.27. The van der Waals surface area contributed by atoms with Gasteiger partial charge in [-0.3, -0.25) is 0 Å². The van der Waals surface area contributed by atoms with Crippen LogP contribution in [0.15, 0.2) is 4.52 Å². The maximum atomic E-state index is 10.6. The van der Waals surface area contributed by atoms with E-state index in [1.807, 2.05) is 0 Å². The number of carbonyl (C=O) groups is 1. The number of carboxylic acid groups (broad SMARTS) is 1. The van der Waals surface area contributed by atoms with Crippen LogP contribution < -0.4 is 0 Å². The summed E-state index contributed by atoms with van der Waals surface area (Å²) in [6, 6.07) is 1.80. The Balaban J connectivity index is 3.14. The minimum atomic E-state index is -1.11. The van der Waals surface area contributed by atoms with Crippen LogP contribution in [-0.4, -0.2) is 16.2 Å². The molecule has 1 heterocycles. The molecule has 1 rings (SSSR count). The van der Waals surface area contributed by atoms with Crippen LogP contribution in [0.4, 0.5) is 0 Å². The fraction of sp³-hybridized carbons (Fsp3) is 0.286. The van der Waals surface area contributed by atoms with Crippen molar-refractivity contribution in [3.05, 3.63) is 17.0 Å². The number of aromatic nitrogens is 1. The number of nitriles is 1. The summed E-state index contributed by atoms with van der Waals surface area (Å²) < 4.78 is 4.64. The summed E-state index contributed by atoms with van der Waals surface area (Å²) in [4.78, 5) is 10.6. The minimum Gasteiger partial charge on any atom is -0.477 e. The molecule has 0 bridgehead atoms. The van der Waals surface area contributed by atoms with Crippen LogP contribution in [0, 0.1) is 18.3 Å². The molecule has 0 radical (unpaired) electrons. The standard InChI is InChI=1S/C7H6N2O3/c1-4-6(7(10)11)5(2-3-8)12-9-4/h2H2,1H3,(H,10,11). The summed E-state index contributed by atoms with van der Waals surface area (Å²) in [5, 5.41) is 20.4. The highest BCUT2D eigenvalue weighted by atomic mass is 16.5. The molecule has 0 aromatic carbocycles. The Morgan fingerprint density at radius 1 is 1.83 bits per heavy atom. The molecule has 12 heavy (non-hydrogen) atoms. The van der Waals surface area contributed by atoms with Crippen LogP contribution in [0.25, 0.3) is 0 Å². The van der Waals surface area contributed by atoms with Crippen LogP contribution in [0.3, 0.4) is 0 Å². The lowest BCUT2D eigenvalue weighted by Crippen LogP contribution is -2.00. The Bertz CT molecular complexity index is 348. The average molecular weight is 166 g/mol. The van der Waals surface area contributed by atoms with Gasteiger partial charge in [-0.2, -0.15) is 5.26 Å². The largest absolute Gasteiger partial charge is 0.477 e. The van der Waals surface area contributed by atoms with Gasteiger partial charge in [0.15, 0.2) is 5.76 Å². The zero-order chi connectivity index (χ0) is 9.14. The van der Waals surface area contributed by atoms with E-state index >= 15 is 0 Å². The highest BCUT2D eigenvalue weighted by Crippen LogP contribution is 2.13. The van der Waals surface area contributed by atoms with Gasteiger partial charge in [0.2, 0.25) is 0 Å². The number of aromatic carboxylic acids is 1. The van der Waals surface area contributed by atoms with Gasteiger partial charge in [-0.1, -0.05) is 5.16 Å². The first-order chi connectivity index (χ1) is 5.66. The molecule has 62 valence electrons. The summed E-state index contributed by atoms with van der Waals surface area (Å²) in [6.07, 6.45) is -0.0670. The Morgan fingerprint density at radius 3 is 3.00 bits per heavy atom. The quantitative estimate of drug-likeness (QED) is 0.700. The molecule has 5 heteroatoms. The monoisotopic (exact) mass is 166 g/mol. The number of nitrogens with zero attached hydrogens (tertiary/aromatic N) is 2. The molecule has 1 aromatic heterocycles. The zero-order valence-electron chi connectivity index (χ0n) is 6.37. The Morgan fingerprint density at radius 2 is 2.50 bits per heavy atom. The molecular formula is C7H6N2O3. The van der Waals surface area contributed by atoms with Gasteiger partial charge in [0.25, 0.3) is 0 Å². The topological polar surface area (TPSA) is 87.1 Å². The second-order valence-corrected chi connectivity index (χ2v) is 2.21. The van der Waals surface area contributed by atoms with Gasteiger partial charge in [0.1, 0.15) is 5.56 Å². The van der Waals surface area contributed by atoms with E-state index in [2.05, 4.69) is 9.68 Å². The molecule has 0 saturated carbocycles. The maximum absolute atomic E-state index is 10.6. The van der Waals surface area contributed by atoms with E-state index in [4.69, 9.17) is 10.4 Å². The van der Waals surface area contributed by atoms with Crippen LogP contribution in [-0.2, 0) is 6.42 Å².